The van der Waals surface area contributed by atoms with Crippen LogP contribution in [0, 0.1) is 18.6 Å². The summed E-state index contributed by atoms with van der Waals surface area (Å²) in [6.07, 6.45) is -0.349. The van der Waals surface area contributed by atoms with Crippen molar-refractivity contribution in [3.63, 3.8) is 0 Å². The zero-order valence-corrected chi connectivity index (χ0v) is 21.9. The monoisotopic (exact) mass is 610 g/mol. The molecule has 0 aliphatic rings. The molecule has 5 aromatic rings. The van der Waals surface area contributed by atoms with E-state index >= 15 is 0 Å². The summed E-state index contributed by atoms with van der Waals surface area (Å²) in [5.74, 6) is -4.13. The number of carbonyl (C=O) groups is 2. The molecular formula is C34H40F2N2O4S. The Kier molecular flexibility index (Phi) is 12.1. The van der Waals surface area contributed by atoms with Crippen LogP contribution in [-0.2, 0) is 21.2 Å². The van der Waals surface area contributed by atoms with E-state index in [9.17, 15) is 26.8 Å². The van der Waals surface area contributed by atoms with Gasteiger partial charge in [-0.05, 0) is 60.0 Å². The van der Waals surface area contributed by atoms with Gasteiger partial charge in [0.15, 0.2) is 11.6 Å². The first-order valence-corrected chi connectivity index (χ1v) is 13.7. The highest BCUT2D eigenvalue weighted by atomic mass is 32.2. The summed E-state index contributed by atoms with van der Waals surface area (Å²) < 4.78 is 55.6. The fraction of sp³-hybridized carbons (Fsp3) is 0.235. The molecule has 1 aromatic heterocycles. The van der Waals surface area contributed by atoms with Gasteiger partial charge in [-0.2, -0.15) is 0 Å². The molecule has 5 rings (SSSR count). The highest BCUT2D eigenvalue weighted by Crippen LogP contribution is 2.32. The topological polar surface area (TPSA) is 85.2 Å². The average Bonchev–Trinajstić information content (AvgIpc) is 3.19. The number of sulfonamides is 1. The van der Waals surface area contributed by atoms with Crippen molar-refractivity contribution >= 4 is 43.5 Å². The van der Waals surface area contributed by atoms with Crippen LogP contribution in [0.25, 0.3) is 21.7 Å². The average molecular weight is 611 g/mol. The van der Waals surface area contributed by atoms with Crippen molar-refractivity contribution in [1.29, 1.82) is 0 Å². The standard InChI is InChI=1S/C30H24F2N2O4S.4CH4/c1-18(22-12-7-9-20-8-3-4-10-23(20)22)30(36)34-19(2)25(24-11-5-6-13-28(24)34)17-29(35)33-39(37,38)21-14-15-26(31)27(32)16-21;;;;/h3-16,18H,17H2,1-2H3,(H,33,35);4*1H4. The number of hydrogen-bond acceptors (Lipinski definition) is 4. The van der Waals surface area contributed by atoms with E-state index in [4.69, 9.17) is 0 Å². The Hall–Kier alpha value is -4.37. The van der Waals surface area contributed by atoms with Crippen molar-refractivity contribution in [3.8, 4) is 0 Å². The van der Waals surface area contributed by atoms with Gasteiger partial charge in [0.25, 0.3) is 10.0 Å². The van der Waals surface area contributed by atoms with Gasteiger partial charge in [-0.15, -0.1) is 0 Å². The van der Waals surface area contributed by atoms with Crippen LogP contribution in [-0.4, -0.2) is 24.8 Å². The van der Waals surface area contributed by atoms with Gasteiger partial charge in [0.2, 0.25) is 11.8 Å². The Bertz CT molecular complexity index is 1880. The second kappa shape index (κ2) is 14.2. The van der Waals surface area contributed by atoms with Crippen molar-refractivity contribution in [2.75, 3.05) is 0 Å². The van der Waals surface area contributed by atoms with E-state index < -0.39 is 38.4 Å². The van der Waals surface area contributed by atoms with E-state index in [1.54, 1.807) is 35.8 Å². The second-order valence-corrected chi connectivity index (χ2v) is 11.0. The largest absolute Gasteiger partial charge is 0.284 e. The van der Waals surface area contributed by atoms with Crippen molar-refractivity contribution in [2.24, 2.45) is 0 Å². The van der Waals surface area contributed by atoms with Gasteiger partial charge in [-0.1, -0.05) is 90.4 Å². The SMILES string of the molecule is C.C.C.C.Cc1c(CC(=O)NS(=O)(=O)c2ccc(F)c(F)c2)c2ccccc2n1C(=O)C(C)c1cccc2ccccc12. The van der Waals surface area contributed by atoms with Gasteiger partial charge in [0, 0.05) is 11.1 Å². The van der Waals surface area contributed by atoms with Gasteiger partial charge in [-0.25, -0.2) is 21.9 Å². The molecule has 0 aliphatic heterocycles. The van der Waals surface area contributed by atoms with Crippen LogP contribution in [0.1, 0.15) is 64.2 Å². The summed E-state index contributed by atoms with van der Waals surface area (Å²) >= 11 is 0. The lowest BCUT2D eigenvalue weighted by Crippen LogP contribution is -2.32. The number of amides is 1. The third-order valence-corrected chi connectivity index (χ3v) is 8.28. The lowest BCUT2D eigenvalue weighted by Gasteiger charge is -2.16. The molecule has 0 saturated heterocycles. The molecule has 230 valence electrons. The highest BCUT2D eigenvalue weighted by molar-refractivity contribution is 7.90. The van der Waals surface area contributed by atoms with Crippen molar-refractivity contribution in [1.82, 2.24) is 9.29 Å². The Labute approximate surface area is 253 Å². The molecule has 0 spiro atoms. The fourth-order valence-corrected chi connectivity index (χ4v) is 5.94. The second-order valence-electron chi connectivity index (χ2n) is 9.33. The molecule has 1 N–H and O–H groups in total. The molecule has 1 amide bonds. The van der Waals surface area contributed by atoms with Gasteiger partial charge < -0.3 is 0 Å². The first-order valence-electron chi connectivity index (χ1n) is 12.2. The zero-order valence-electron chi connectivity index (χ0n) is 21.1. The number of rotatable bonds is 6. The lowest BCUT2D eigenvalue weighted by molar-refractivity contribution is -0.118. The normalized spacial score (nSPS) is 11.3. The Morgan fingerprint density at radius 3 is 2.09 bits per heavy atom. The molecule has 1 unspecified atom stereocenters. The van der Waals surface area contributed by atoms with Crippen LogP contribution in [0.2, 0.25) is 0 Å². The predicted molar refractivity (Wildman–Crippen MR) is 172 cm³/mol. The number of benzene rings is 4. The van der Waals surface area contributed by atoms with Gasteiger partial charge in [-0.3, -0.25) is 14.2 Å². The smallest absolute Gasteiger partial charge is 0.264 e. The maximum Gasteiger partial charge on any atom is 0.264 e. The number of fused-ring (bicyclic) bond motifs is 2. The van der Waals surface area contributed by atoms with Crippen LogP contribution < -0.4 is 4.72 Å². The van der Waals surface area contributed by atoms with Crippen LogP contribution in [0.5, 0.6) is 0 Å². The first kappa shape index (κ1) is 36.7. The Morgan fingerprint density at radius 2 is 1.42 bits per heavy atom. The molecule has 0 bridgehead atoms. The predicted octanol–water partition coefficient (Wildman–Crippen LogP) is 8.42. The minimum absolute atomic E-state index is 0. The van der Waals surface area contributed by atoms with E-state index in [-0.39, 0.29) is 42.0 Å². The highest BCUT2D eigenvalue weighted by Gasteiger charge is 2.27. The number of carbonyl (C=O) groups excluding carboxylic acids is 2. The molecule has 6 nitrogen and oxygen atoms in total. The van der Waals surface area contributed by atoms with Gasteiger partial charge in [0.1, 0.15) is 0 Å². The van der Waals surface area contributed by atoms with E-state index in [1.807, 2.05) is 54.1 Å². The molecule has 43 heavy (non-hydrogen) atoms. The quantitative estimate of drug-likeness (QED) is 0.209. The fourth-order valence-electron chi connectivity index (χ4n) is 4.95. The maximum atomic E-state index is 13.9. The summed E-state index contributed by atoms with van der Waals surface area (Å²) in [7, 11) is -4.44. The van der Waals surface area contributed by atoms with Crippen LogP contribution in [0.3, 0.4) is 0 Å². The molecule has 9 heteroatoms. The molecule has 1 heterocycles. The van der Waals surface area contributed by atoms with E-state index in [0.717, 1.165) is 22.4 Å². The molecule has 0 saturated carbocycles. The van der Waals surface area contributed by atoms with Crippen molar-refractivity contribution in [2.45, 2.75) is 60.8 Å². The van der Waals surface area contributed by atoms with E-state index in [2.05, 4.69) is 0 Å². The number of hydrogen-bond donors (Lipinski definition) is 1. The number of aromatic nitrogens is 1. The Morgan fingerprint density at radius 1 is 0.814 bits per heavy atom. The van der Waals surface area contributed by atoms with Crippen LogP contribution >= 0.6 is 0 Å². The summed E-state index contributed by atoms with van der Waals surface area (Å²) in [6, 6.07) is 22.8. The summed E-state index contributed by atoms with van der Waals surface area (Å²) in [4.78, 5) is 26.2. The molecule has 4 aromatic carbocycles. The first-order chi connectivity index (χ1) is 18.6. The van der Waals surface area contributed by atoms with Crippen LogP contribution in [0.15, 0.2) is 89.8 Å². The number of nitrogens with one attached hydrogen (secondary N) is 1. The molecular weight excluding hydrogens is 570 g/mol. The summed E-state index contributed by atoms with van der Waals surface area (Å²) in [5.41, 5.74) is 2.46. The zero-order chi connectivity index (χ0) is 27.9. The molecule has 0 radical (unpaired) electrons. The molecule has 1 atom stereocenters. The number of halogens is 2. The molecule has 0 aliphatic carbocycles. The van der Waals surface area contributed by atoms with Gasteiger partial charge >= 0.3 is 0 Å². The summed E-state index contributed by atoms with van der Waals surface area (Å²) in [6.45, 7) is 3.54. The maximum absolute atomic E-state index is 13.9. The van der Waals surface area contributed by atoms with Crippen molar-refractivity contribution in [3.05, 3.63) is 113 Å². The third-order valence-electron chi connectivity index (χ3n) is 6.91. The van der Waals surface area contributed by atoms with E-state index in [0.29, 0.717) is 34.3 Å². The van der Waals surface area contributed by atoms with E-state index in [1.165, 1.54) is 0 Å². The van der Waals surface area contributed by atoms with Crippen molar-refractivity contribution < 1.29 is 26.8 Å². The number of para-hydroxylation sites is 1. The van der Waals surface area contributed by atoms with Gasteiger partial charge in [0.05, 0.1) is 22.8 Å². The minimum atomic E-state index is -4.44. The van der Waals surface area contributed by atoms with Crippen LogP contribution in [0.4, 0.5) is 8.78 Å². The minimum Gasteiger partial charge on any atom is -0.284 e. The Balaban J connectivity index is 0.00000231. The summed E-state index contributed by atoms with van der Waals surface area (Å²) in [5, 5.41) is 2.62. The molecule has 0 fully saturated rings. The number of nitrogens with zero attached hydrogens (tertiary/aromatic N) is 1. The third kappa shape index (κ3) is 6.83. The lowest BCUT2D eigenvalue weighted by atomic mass is 9.94.